The maximum atomic E-state index is 11.3. The molecule has 3 heterocycles. The normalized spacial score (nSPS) is 23.1. The van der Waals surface area contributed by atoms with Crippen molar-refractivity contribution in [1.29, 1.82) is 0 Å². The summed E-state index contributed by atoms with van der Waals surface area (Å²) >= 11 is 0. The Balaban J connectivity index is 0.000000706. The van der Waals surface area contributed by atoms with Gasteiger partial charge in [-0.25, -0.2) is 4.98 Å². The van der Waals surface area contributed by atoms with Crippen LogP contribution in [0.4, 0.5) is 0 Å². The predicted molar refractivity (Wildman–Crippen MR) is 81.9 cm³/mol. The summed E-state index contributed by atoms with van der Waals surface area (Å²) in [6.07, 6.45) is 3.86. The summed E-state index contributed by atoms with van der Waals surface area (Å²) in [5.41, 5.74) is 1.64. The first kappa shape index (κ1) is 16.6. The summed E-state index contributed by atoms with van der Waals surface area (Å²) in [5.74, 6) is 1.97. The molecule has 0 unspecified atom stereocenters. The number of carbonyl (C=O) groups excluding carboxylic acids is 1. The average molecular weight is 534 g/mol. The molecule has 2 aliphatic heterocycles. The Bertz CT molecular complexity index is 462. The fourth-order valence-corrected chi connectivity index (χ4v) is 3.25. The van der Waals surface area contributed by atoms with Gasteiger partial charge in [0.25, 0.3) is 0 Å². The average Bonchev–Trinajstić information content (AvgIpc) is 2.47. The maximum Gasteiger partial charge on any atom is 0.178 e. The Morgan fingerprint density at radius 2 is 1.90 bits per heavy atom. The van der Waals surface area contributed by atoms with E-state index >= 15 is 0 Å². The minimum atomic E-state index is 0. The maximum absolute atomic E-state index is 11.3. The van der Waals surface area contributed by atoms with Crippen molar-refractivity contribution in [1.82, 2.24) is 9.88 Å². The van der Waals surface area contributed by atoms with Gasteiger partial charge < -0.3 is 4.90 Å². The summed E-state index contributed by atoms with van der Waals surface area (Å²) in [5, 5.41) is 0. The quantitative estimate of drug-likeness (QED) is 0.440. The van der Waals surface area contributed by atoms with E-state index in [1.807, 2.05) is 12.1 Å². The van der Waals surface area contributed by atoms with E-state index in [0.29, 0.717) is 5.69 Å². The van der Waals surface area contributed by atoms with Gasteiger partial charge in [-0.05, 0) is 36.8 Å². The van der Waals surface area contributed by atoms with Gasteiger partial charge in [0.1, 0.15) is 5.69 Å². The molecule has 0 N–H and O–H groups in total. The van der Waals surface area contributed by atoms with Crippen molar-refractivity contribution in [3.63, 3.8) is 0 Å². The molecule has 0 atom stereocenters. The second-order valence-electron chi connectivity index (χ2n) is 5.78. The summed E-state index contributed by atoms with van der Waals surface area (Å²) < 4.78 is 0. The molecule has 3 nitrogen and oxygen atoms in total. The Labute approximate surface area is 121 Å². The number of fused-ring (bicyclic) bond motifs is 2. The van der Waals surface area contributed by atoms with E-state index in [-0.39, 0.29) is 5.78 Å². The van der Waals surface area contributed by atoms with Gasteiger partial charge in [0, 0.05) is 38.7 Å². The summed E-state index contributed by atoms with van der Waals surface area (Å²) in [4.78, 5) is 18.3. The Morgan fingerprint density at radius 3 is 2.48 bits per heavy atom. The Kier molecular flexibility index (Phi) is 5.79. The van der Waals surface area contributed by atoms with E-state index in [1.54, 1.807) is 13.0 Å². The molecule has 4 rings (SSSR count). The minimum Gasteiger partial charge on any atom is -0.302 e. The van der Waals surface area contributed by atoms with Crippen LogP contribution in [-0.2, 0) is 6.42 Å². The zero-order valence-electron chi connectivity index (χ0n) is 12.6. The van der Waals surface area contributed by atoms with Gasteiger partial charge in [0.05, 0.1) is 0 Å². The largest absolute Gasteiger partial charge is 0.302 e. The van der Waals surface area contributed by atoms with E-state index in [2.05, 4.69) is 23.0 Å². The Hall–Kier alpha value is -2.48. The first-order valence-electron chi connectivity index (χ1n) is 7.40. The zero-order chi connectivity index (χ0) is 14.5. The molecule has 123 valence electrons. The number of nitrogens with zero attached hydrogens (tertiary/aromatic N) is 2. The number of Topliss-reactive ketones (excluding diaryl/α,β-unsaturated/α-hetero) is 1. The van der Waals surface area contributed by atoms with E-state index in [1.165, 1.54) is 25.9 Å². The van der Waals surface area contributed by atoms with Crippen LogP contribution < -0.4 is 0 Å². The third kappa shape index (κ3) is 3.99. The smallest absolute Gasteiger partial charge is 0.178 e. The molecule has 1 aromatic rings. The number of rotatable bonds is 4. The van der Waals surface area contributed by atoms with E-state index in [9.17, 15) is 4.79 Å². The SMILES string of the molecule is C=C.CC(=O)c1cccc(CCN2CC3CC(C3)C2)n1.[Lr]. The number of hydrogen-bond donors (Lipinski definition) is 0. The first-order chi connectivity index (χ1) is 9.70. The van der Waals surface area contributed by atoms with Crippen LogP contribution >= 0.6 is 0 Å². The molecule has 1 saturated carbocycles. The molecule has 4 heteroatoms. The number of ketones is 1. The van der Waals surface area contributed by atoms with Gasteiger partial charge in [-0.1, -0.05) is 6.07 Å². The summed E-state index contributed by atoms with van der Waals surface area (Å²) in [6, 6.07) is 5.76. The van der Waals surface area contributed by atoms with Gasteiger partial charge >= 0.3 is 0 Å². The zero-order valence-corrected chi connectivity index (χ0v) is 14.8. The molecular formula is C17H24LrN2O. The molecule has 0 aromatic carbocycles. The van der Waals surface area contributed by atoms with Crippen LogP contribution in [0.5, 0.6) is 0 Å². The summed E-state index contributed by atoms with van der Waals surface area (Å²) in [6.45, 7) is 11.2. The van der Waals surface area contributed by atoms with Gasteiger partial charge in [0.15, 0.2) is 5.78 Å². The molecule has 2 bridgehead atoms. The van der Waals surface area contributed by atoms with Gasteiger partial charge in [-0.15, -0.1) is 13.2 Å². The van der Waals surface area contributed by atoms with Crippen molar-refractivity contribution in [2.75, 3.05) is 19.6 Å². The fourth-order valence-electron chi connectivity index (χ4n) is 3.25. The van der Waals surface area contributed by atoms with Crippen LogP contribution in [-0.4, -0.2) is 35.3 Å². The first-order valence-corrected chi connectivity index (χ1v) is 7.40. The van der Waals surface area contributed by atoms with E-state index in [4.69, 9.17) is 0 Å². The predicted octanol–water partition coefficient (Wildman–Crippen LogP) is 2.97. The van der Waals surface area contributed by atoms with Gasteiger partial charge in [-0.3, -0.25) is 4.79 Å². The van der Waals surface area contributed by atoms with Crippen LogP contribution in [0.3, 0.4) is 0 Å². The second-order valence-corrected chi connectivity index (χ2v) is 5.78. The minimum absolute atomic E-state index is 0. The van der Waals surface area contributed by atoms with E-state index < -0.39 is 0 Å². The topological polar surface area (TPSA) is 33.2 Å². The van der Waals surface area contributed by atoms with Crippen molar-refractivity contribution < 1.29 is 4.79 Å². The van der Waals surface area contributed by atoms with Crippen molar-refractivity contribution in [3.8, 4) is 0 Å². The number of piperidine rings is 2. The third-order valence-electron chi connectivity index (χ3n) is 4.22. The molecule has 0 spiro atoms. The van der Waals surface area contributed by atoms with Gasteiger partial charge in [0.2, 0.25) is 0 Å². The summed E-state index contributed by atoms with van der Waals surface area (Å²) in [7, 11) is 0. The molecule has 2 saturated heterocycles. The molecule has 21 heavy (non-hydrogen) atoms. The fraction of sp³-hybridized carbons (Fsp3) is 0.529. The molecule has 1 aromatic heterocycles. The number of aromatic nitrogens is 1. The van der Waals surface area contributed by atoms with Crippen molar-refractivity contribution in [2.45, 2.75) is 26.2 Å². The monoisotopic (exact) mass is 534 g/mol. The van der Waals surface area contributed by atoms with Crippen molar-refractivity contribution >= 4 is 5.78 Å². The molecule has 3 aliphatic rings. The van der Waals surface area contributed by atoms with Crippen LogP contribution in [0.25, 0.3) is 0 Å². The third-order valence-corrected chi connectivity index (χ3v) is 4.22. The van der Waals surface area contributed by atoms with Crippen LogP contribution in [0.15, 0.2) is 31.4 Å². The van der Waals surface area contributed by atoms with Crippen molar-refractivity contribution in [2.24, 2.45) is 11.8 Å². The molecular weight excluding hydrogens is 510 g/mol. The molecule has 0 amide bonds. The van der Waals surface area contributed by atoms with Gasteiger partial charge in [-0.2, -0.15) is 0 Å². The van der Waals surface area contributed by atoms with Crippen LogP contribution in [0, 0.1) is 11.8 Å². The molecule has 1 radical (unpaired) electrons. The van der Waals surface area contributed by atoms with E-state index in [0.717, 1.165) is 30.5 Å². The second kappa shape index (κ2) is 7.34. The van der Waals surface area contributed by atoms with Crippen LogP contribution in [0.2, 0.25) is 0 Å². The van der Waals surface area contributed by atoms with Crippen molar-refractivity contribution in [3.05, 3.63) is 42.7 Å². The number of carbonyl (C=O) groups is 1. The number of hydrogen-bond acceptors (Lipinski definition) is 3. The molecule has 3 fully saturated rings. The van der Waals surface area contributed by atoms with Crippen LogP contribution in [0.1, 0.15) is 35.9 Å². The standard InChI is InChI=1S/C15H20N2O.C2H4.Lr/c1-11(18)15-4-2-3-14(16-15)5-6-17-9-12-7-13(8-12)10-17;1-2;/h2-4,12-13H,5-10H2,1H3;1-2H2;. The Morgan fingerprint density at radius 1 is 1.29 bits per heavy atom. The molecule has 1 aliphatic carbocycles. The number of pyridine rings is 1.